The Bertz CT molecular complexity index is 354. The SMILES string of the molecule is CCC1(CC)CCN(CCn2ccc(N)n2)C1. The number of nitrogen functional groups attached to an aromatic ring is 1. The summed E-state index contributed by atoms with van der Waals surface area (Å²) < 4.78 is 1.94. The summed E-state index contributed by atoms with van der Waals surface area (Å²) in [7, 11) is 0. The monoisotopic (exact) mass is 236 g/mol. The molecule has 0 aliphatic carbocycles. The Morgan fingerprint density at radius 3 is 2.65 bits per heavy atom. The second kappa shape index (κ2) is 5.08. The molecule has 1 fully saturated rings. The van der Waals surface area contributed by atoms with E-state index in [1.165, 1.54) is 32.4 Å². The van der Waals surface area contributed by atoms with Gasteiger partial charge in [-0.25, -0.2) is 0 Å². The van der Waals surface area contributed by atoms with E-state index < -0.39 is 0 Å². The molecule has 0 bridgehead atoms. The van der Waals surface area contributed by atoms with Crippen molar-refractivity contribution in [2.45, 2.75) is 39.7 Å². The third-order valence-electron chi connectivity index (χ3n) is 4.32. The van der Waals surface area contributed by atoms with Gasteiger partial charge in [0.25, 0.3) is 0 Å². The van der Waals surface area contributed by atoms with Crippen molar-refractivity contribution in [3.8, 4) is 0 Å². The van der Waals surface area contributed by atoms with Crippen LogP contribution in [0.15, 0.2) is 12.3 Å². The summed E-state index contributed by atoms with van der Waals surface area (Å²) in [4.78, 5) is 2.56. The zero-order valence-electron chi connectivity index (χ0n) is 11.0. The first-order valence-electron chi connectivity index (χ1n) is 6.69. The number of hydrogen-bond donors (Lipinski definition) is 1. The molecule has 1 saturated heterocycles. The van der Waals surface area contributed by atoms with Gasteiger partial charge in [0.1, 0.15) is 5.82 Å². The Balaban J connectivity index is 1.82. The van der Waals surface area contributed by atoms with E-state index in [-0.39, 0.29) is 0 Å². The fourth-order valence-corrected chi connectivity index (χ4v) is 2.79. The maximum atomic E-state index is 5.60. The van der Waals surface area contributed by atoms with Crippen LogP contribution in [-0.4, -0.2) is 34.3 Å². The van der Waals surface area contributed by atoms with Gasteiger partial charge in [-0.15, -0.1) is 0 Å². The predicted octanol–water partition coefficient (Wildman–Crippen LogP) is 1.98. The van der Waals surface area contributed by atoms with Crippen LogP contribution in [0.1, 0.15) is 33.1 Å². The van der Waals surface area contributed by atoms with Gasteiger partial charge >= 0.3 is 0 Å². The van der Waals surface area contributed by atoms with E-state index in [0.717, 1.165) is 13.1 Å². The van der Waals surface area contributed by atoms with Crippen LogP contribution >= 0.6 is 0 Å². The smallest absolute Gasteiger partial charge is 0.145 e. The molecule has 96 valence electrons. The highest BCUT2D eigenvalue weighted by Gasteiger charge is 2.34. The minimum absolute atomic E-state index is 0.573. The summed E-state index contributed by atoms with van der Waals surface area (Å²) in [6, 6.07) is 1.85. The van der Waals surface area contributed by atoms with Crippen LogP contribution in [0.25, 0.3) is 0 Å². The third-order valence-corrected chi connectivity index (χ3v) is 4.32. The van der Waals surface area contributed by atoms with Crippen LogP contribution in [0.2, 0.25) is 0 Å². The molecule has 1 aliphatic heterocycles. The Hall–Kier alpha value is -1.03. The number of likely N-dealkylation sites (tertiary alicyclic amines) is 1. The fraction of sp³-hybridized carbons (Fsp3) is 0.769. The van der Waals surface area contributed by atoms with Crippen LogP contribution in [0, 0.1) is 5.41 Å². The van der Waals surface area contributed by atoms with Crippen molar-refractivity contribution in [2.75, 3.05) is 25.4 Å². The molecule has 0 spiro atoms. The van der Waals surface area contributed by atoms with Crippen LogP contribution in [0.3, 0.4) is 0 Å². The zero-order chi connectivity index (χ0) is 12.3. The maximum Gasteiger partial charge on any atom is 0.145 e. The highest BCUT2D eigenvalue weighted by molar-refractivity contribution is 5.23. The molecule has 0 radical (unpaired) electrons. The van der Waals surface area contributed by atoms with E-state index in [0.29, 0.717) is 11.2 Å². The Morgan fingerprint density at radius 1 is 1.35 bits per heavy atom. The number of nitrogens with two attached hydrogens (primary N) is 1. The highest BCUT2D eigenvalue weighted by atomic mass is 15.3. The molecule has 4 nitrogen and oxygen atoms in total. The van der Waals surface area contributed by atoms with E-state index >= 15 is 0 Å². The molecular formula is C13H24N4. The molecule has 1 aromatic heterocycles. The minimum atomic E-state index is 0.573. The maximum absolute atomic E-state index is 5.60. The van der Waals surface area contributed by atoms with Crippen molar-refractivity contribution in [1.29, 1.82) is 0 Å². The number of anilines is 1. The second-order valence-corrected chi connectivity index (χ2v) is 5.24. The average molecular weight is 236 g/mol. The molecule has 2 heterocycles. The molecule has 2 N–H and O–H groups in total. The number of aromatic nitrogens is 2. The van der Waals surface area contributed by atoms with E-state index in [1.807, 2.05) is 16.9 Å². The number of rotatable bonds is 5. The molecule has 1 aliphatic rings. The lowest BCUT2D eigenvalue weighted by atomic mass is 9.82. The molecule has 0 aromatic carbocycles. The highest BCUT2D eigenvalue weighted by Crippen LogP contribution is 2.36. The Kier molecular flexibility index (Phi) is 3.72. The third kappa shape index (κ3) is 2.80. The minimum Gasteiger partial charge on any atom is -0.382 e. The van der Waals surface area contributed by atoms with Gasteiger partial charge in [-0.05, 0) is 37.3 Å². The van der Waals surface area contributed by atoms with Crippen LogP contribution in [0.4, 0.5) is 5.82 Å². The van der Waals surface area contributed by atoms with Crippen LogP contribution in [0.5, 0.6) is 0 Å². The molecule has 2 rings (SSSR count). The topological polar surface area (TPSA) is 47.1 Å². The van der Waals surface area contributed by atoms with E-state index in [1.54, 1.807) is 0 Å². The average Bonchev–Trinajstić information content (AvgIpc) is 2.93. The molecule has 0 amide bonds. The summed E-state index contributed by atoms with van der Waals surface area (Å²) in [6.45, 7) is 9.15. The second-order valence-electron chi connectivity index (χ2n) is 5.24. The fourth-order valence-electron chi connectivity index (χ4n) is 2.79. The summed E-state index contributed by atoms with van der Waals surface area (Å²) in [5, 5.41) is 4.22. The van der Waals surface area contributed by atoms with Crippen molar-refractivity contribution in [3.63, 3.8) is 0 Å². The first-order chi connectivity index (χ1) is 8.17. The summed E-state index contributed by atoms with van der Waals surface area (Å²) >= 11 is 0. The first-order valence-corrected chi connectivity index (χ1v) is 6.69. The quantitative estimate of drug-likeness (QED) is 0.850. The van der Waals surface area contributed by atoms with Gasteiger partial charge in [0.15, 0.2) is 0 Å². The van der Waals surface area contributed by atoms with Gasteiger partial charge in [-0.3, -0.25) is 4.68 Å². The normalized spacial score (nSPS) is 19.9. The van der Waals surface area contributed by atoms with Crippen molar-refractivity contribution >= 4 is 5.82 Å². The van der Waals surface area contributed by atoms with Crippen LogP contribution in [-0.2, 0) is 6.54 Å². The van der Waals surface area contributed by atoms with Gasteiger partial charge < -0.3 is 10.6 Å². The van der Waals surface area contributed by atoms with Crippen molar-refractivity contribution in [1.82, 2.24) is 14.7 Å². The van der Waals surface area contributed by atoms with Crippen LogP contribution < -0.4 is 5.73 Å². The standard InChI is InChI=1S/C13H24N4/c1-3-13(4-2)6-8-16(11-13)9-10-17-7-5-12(14)15-17/h5,7H,3-4,6,8-11H2,1-2H3,(H2,14,15). The Labute approximate surface area is 104 Å². The van der Waals surface area contributed by atoms with Gasteiger partial charge in [-0.2, -0.15) is 5.10 Å². The zero-order valence-corrected chi connectivity index (χ0v) is 11.0. The Morgan fingerprint density at radius 2 is 2.12 bits per heavy atom. The lowest BCUT2D eigenvalue weighted by Gasteiger charge is -2.26. The van der Waals surface area contributed by atoms with Gasteiger partial charge in [-0.1, -0.05) is 13.8 Å². The van der Waals surface area contributed by atoms with Gasteiger partial charge in [0.05, 0.1) is 6.54 Å². The van der Waals surface area contributed by atoms with E-state index in [9.17, 15) is 0 Å². The molecular weight excluding hydrogens is 212 g/mol. The summed E-state index contributed by atoms with van der Waals surface area (Å²) in [5.74, 6) is 0.614. The number of nitrogens with zero attached hydrogens (tertiary/aromatic N) is 3. The lowest BCUT2D eigenvalue weighted by molar-refractivity contribution is 0.234. The molecule has 0 saturated carbocycles. The summed E-state index contributed by atoms with van der Waals surface area (Å²) in [5.41, 5.74) is 6.18. The molecule has 1 aromatic rings. The van der Waals surface area contributed by atoms with Crippen molar-refractivity contribution in [3.05, 3.63) is 12.3 Å². The predicted molar refractivity (Wildman–Crippen MR) is 70.7 cm³/mol. The first kappa shape index (κ1) is 12.4. The molecule has 0 unspecified atom stereocenters. The van der Waals surface area contributed by atoms with E-state index in [4.69, 9.17) is 5.73 Å². The largest absolute Gasteiger partial charge is 0.382 e. The number of hydrogen-bond acceptors (Lipinski definition) is 3. The van der Waals surface area contributed by atoms with Gasteiger partial charge in [0.2, 0.25) is 0 Å². The molecule has 0 atom stereocenters. The van der Waals surface area contributed by atoms with E-state index in [2.05, 4.69) is 23.8 Å². The molecule has 4 heteroatoms. The van der Waals surface area contributed by atoms with Gasteiger partial charge in [0, 0.05) is 19.3 Å². The van der Waals surface area contributed by atoms with Crippen molar-refractivity contribution < 1.29 is 0 Å². The summed E-state index contributed by atoms with van der Waals surface area (Å²) in [6.07, 6.45) is 5.91. The molecule has 17 heavy (non-hydrogen) atoms. The van der Waals surface area contributed by atoms with Crippen molar-refractivity contribution in [2.24, 2.45) is 5.41 Å². The lowest BCUT2D eigenvalue weighted by Crippen LogP contribution is -2.29.